The summed E-state index contributed by atoms with van der Waals surface area (Å²) in [6, 6.07) is -0.145. The maximum absolute atomic E-state index is 12.3. The Kier molecular flexibility index (Phi) is 6.27. The fourth-order valence-electron chi connectivity index (χ4n) is 2.34. The Labute approximate surface area is 118 Å². The minimum atomic E-state index is -0.801. The van der Waals surface area contributed by atoms with Crippen molar-refractivity contribution in [2.45, 2.75) is 26.2 Å². The molecule has 1 aliphatic rings. The van der Waals surface area contributed by atoms with Crippen molar-refractivity contribution in [3.05, 3.63) is 0 Å². The van der Waals surface area contributed by atoms with Crippen LogP contribution in [-0.2, 0) is 9.59 Å². The number of hydrogen-bond acceptors (Lipinski definition) is 3. The highest BCUT2D eigenvalue weighted by Gasteiger charge is 2.29. The number of aliphatic carboxylic acids is 1. The highest BCUT2D eigenvalue weighted by Crippen LogP contribution is 2.22. The Morgan fingerprint density at radius 1 is 1.40 bits per heavy atom. The zero-order valence-corrected chi connectivity index (χ0v) is 12.1. The normalized spacial score (nSPS) is 17.9. The maximum Gasteiger partial charge on any atom is 0.320 e. The number of amides is 3. The molecule has 20 heavy (non-hydrogen) atoms. The first-order valence-electron chi connectivity index (χ1n) is 6.94. The van der Waals surface area contributed by atoms with Gasteiger partial charge in [0.05, 0.1) is 0 Å². The number of carboxylic acids is 1. The first-order valence-corrected chi connectivity index (χ1v) is 6.94. The van der Waals surface area contributed by atoms with Gasteiger partial charge in [-0.3, -0.25) is 9.59 Å². The fourth-order valence-corrected chi connectivity index (χ4v) is 2.34. The van der Waals surface area contributed by atoms with Crippen molar-refractivity contribution in [2.75, 3.05) is 33.2 Å². The highest BCUT2D eigenvalue weighted by molar-refractivity contribution is 5.84. The number of nitrogens with one attached hydrogen (secondary N) is 1. The van der Waals surface area contributed by atoms with E-state index in [-0.39, 0.29) is 30.8 Å². The van der Waals surface area contributed by atoms with E-state index in [0.29, 0.717) is 26.1 Å². The van der Waals surface area contributed by atoms with Crippen LogP contribution in [0.15, 0.2) is 0 Å². The third kappa shape index (κ3) is 4.71. The second-order valence-electron chi connectivity index (χ2n) is 5.00. The van der Waals surface area contributed by atoms with Crippen molar-refractivity contribution in [3.8, 4) is 0 Å². The number of likely N-dealkylation sites (N-methyl/N-ethyl adjacent to an activating group) is 2. The van der Waals surface area contributed by atoms with Crippen LogP contribution in [0.4, 0.5) is 4.79 Å². The quantitative estimate of drug-likeness (QED) is 0.737. The van der Waals surface area contributed by atoms with Crippen LogP contribution in [0.2, 0.25) is 0 Å². The molecule has 7 nitrogen and oxygen atoms in total. The molecule has 1 aliphatic heterocycles. The second-order valence-corrected chi connectivity index (χ2v) is 5.00. The van der Waals surface area contributed by atoms with Crippen LogP contribution in [0, 0.1) is 5.92 Å². The number of likely N-dealkylation sites (tertiary alicyclic amines) is 1. The minimum Gasteiger partial charge on any atom is -0.481 e. The Bertz CT molecular complexity index is 373. The summed E-state index contributed by atoms with van der Waals surface area (Å²) < 4.78 is 0. The zero-order chi connectivity index (χ0) is 15.1. The van der Waals surface area contributed by atoms with Crippen molar-refractivity contribution in [1.82, 2.24) is 15.1 Å². The van der Waals surface area contributed by atoms with Crippen LogP contribution in [0.25, 0.3) is 0 Å². The van der Waals surface area contributed by atoms with E-state index in [9.17, 15) is 14.4 Å². The number of carbonyl (C=O) groups excluding carboxylic acids is 2. The first-order chi connectivity index (χ1) is 9.47. The molecular formula is C13H23N3O4. The van der Waals surface area contributed by atoms with Crippen LogP contribution < -0.4 is 5.32 Å². The van der Waals surface area contributed by atoms with Crippen molar-refractivity contribution in [3.63, 3.8) is 0 Å². The molecule has 1 atom stereocenters. The summed E-state index contributed by atoms with van der Waals surface area (Å²) in [5.41, 5.74) is 0. The van der Waals surface area contributed by atoms with Gasteiger partial charge in [-0.15, -0.1) is 0 Å². The van der Waals surface area contributed by atoms with E-state index in [1.165, 1.54) is 4.90 Å². The average Bonchev–Trinajstić information content (AvgIpc) is 2.90. The third-order valence-electron chi connectivity index (χ3n) is 3.59. The monoisotopic (exact) mass is 285 g/mol. The van der Waals surface area contributed by atoms with Gasteiger partial charge < -0.3 is 20.2 Å². The van der Waals surface area contributed by atoms with Crippen LogP contribution >= 0.6 is 0 Å². The number of carbonyl (C=O) groups is 3. The topological polar surface area (TPSA) is 90.0 Å². The second kappa shape index (κ2) is 7.72. The van der Waals surface area contributed by atoms with Gasteiger partial charge in [-0.2, -0.15) is 0 Å². The van der Waals surface area contributed by atoms with E-state index in [1.54, 1.807) is 11.9 Å². The predicted octanol–water partition coefficient (Wildman–Crippen LogP) is 0.361. The lowest BCUT2D eigenvalue weighted by atomic mass is 10.0. The molecule has 7 heteroatoms. The molecule has 3 amide bonds. The molecule has 114 valence electrons. The van der Waals surface area contributed by atoms with Crippen LogP contribution in [0.1, 0.15) is 26.2 Å². The van der Waals surface area contributed by atoms with Crippen molar-refractivity contribution >= 4 is 17.9 Å². The van der Waals surface area contributed by atoms with E-state index >= 15 is 0 Å². The summed E-state index contributed by atoms with van der Waals surface area (Å²) in [5.74, 6) is -0.750. The third-order valence-corrected chi connectivity index (χ3v) is 3.59. The number of carboxylic acid groups (broad SMARTS) is 1. The molecule has 0 aromatic heterocycles. The van der Waals surface area contributed by atoms with Gasteiger partial charge in [0, 0.05) is 33.1 Å². The van der Waals surface area contributed by atoms with Crippen molar-refractivity contribution in [2.24, 2.45) is 5.92 Å². The Hall–Kier alpha value is -1.79. The SMILES string of the molecule is CCN(CC(=O)NC)C(=O)N1CCC(CCC(=O)O)C1. The molecule has 0 aromatic carbocycles. The summed E-state index contributed by atoms with van der Waals surface area (Å²) in [5, 5.41) is 11.2. The van der Waals surface area contributed by atoms with Gasteiger partial charge in [-0.05, 0) is 25.7 Å². The molecule has 0 bridgehead atoms. The van der Waals surface area contributed by atoms with Gasteiger partial charge in [-0.1, -0.05) is 0 Å². The Morgan fingerprint density at radius 3 is 2.65 bits per heavy atom. The van der Waals surface area contributed by atoms with Gasteiger partial charge in [0.2, 0.25) is 5.91 Å². The van der Waals surface area contributed by atoms with E-state index in [0.717, 1.165) is 6.42 Å². The van der Waals surface area contributed by atoms with Gasteiger partial charge in [-0.25, -0.2) is 4.79 Å². The van der Waals surface area contributed by atoms with Crippen LogP contribution in [-0.4, -0.2) is 66.0 Å². The molecule has 1 unspecified atom stereocenters. The number of rotatable bonds is 6. The molecular weight excluding hydrogens is 262 g/mol. The smallest absolute Gasteiger partial charge is 0.320 e. The molecule has 2 N–H and O–H groups in total. The number of hydrogen-bond donors (Lipinski definition) is 2. The molecule has 0 spiro atoms. The lowest BCUT2D eigenvalue weighted by Gasteiger charge is -2.26. The van der Waals surface area contributed by atoms with Crippen molar-refractivity contribution in [1.29, 1.82) is 0 Å². The summed E-state index contributed by atoms with van der Waals surface area (Å²) in [6.07, 6.45) is 1.57. The van der Waals surface area contributed by atoms with Gasteiger partial charge in [0.1, 0.15) is 6.54 Å². The lowest BCUT2D eigenvalue weighted by molar-refractivity contribution is -0.137. The van der Waals surface area contributed by atoms with Gasteiger partial charge in [0.25, 0.3) is 0 Å². The molecule has 0 aliphatic carbocycles. The summed E-state index contributed by atoms with van der Waals surface area (Å²) in [7, 11) is 1.54. The largest absolute Gasteiger partial charge is 0.481 e. The minimum absolute atomic E-state index is 0.0577. The molecule has 0 radical (unpaired) electrons. The summed E-state index contributed by atoms with van der Waals surface area (Å²) in [6.45, 7) is 3.58. The molecule has 0 saturated carbocycles. The number of urea groups is 1. The van der Waals surface area contributed by atoms with Crippen LogP contribution in [0.5, 0.6) is 0 Å². The van der Waals surface area contributed by atoms with E-state index in [2.05, 4.69) is 5.32 Å². The molecule has 1 heterocycles. The average molecular weight is 285 g/mol. The Morgan fingerprint density at radius 2 is 2.10 bits per heavy atom. The predicted molar refractivity (Wildman–Crippen MR) is 73.3 cm³/mol. The molecule has 1 rings (SSSR count). The maximum atomic E-state index is 12.3. The first kappa shape index (κ1) is 16.3. The fraction of sp³-hybridized carbons (Fsp3) is 0.769. The molecule has 1 saturated heterocycles. The van der Waals surface area contributed by atoms with E-state index in [1.807, 2.05) is 6.92 Å². The summed E-state index contributed by atoms with van der Waals surface area (Å²) in [4.78, 5) is 37.4. The zero-order valence-electron chi connectivity index (χ0n) is 12.1. The van der Waals surface area contributed by atoms with Crippen molar-refractivity contribution < 1.29 is 19.5 Å². The van der Waals surface area contributed by atoms with Crippen LogP contribution in [0.3, 0.4) is 0 Å². The molecule has 1 fully saturated rings. The van der Waals surface area contributed by atoms with Gasteiger partial charge >= 0.3 is 12.0 Å². The lowest BCUT2D eigenvalue weighted by Crippen LogP contribution is -2.46. The van der Waals surface area contributed by atoms with E-state index < -0.39 is 5.97 Å². The Balaban J connectivity index is 2.47. The highest BCUT2D eigenvalue weighted by atomic mass is 16.4. The summed E-state index contributed by atoms with van der Waals surface area (Å²) >= 11 is 0. The molecule has 0 aromatic rings. The number of nitrogens with zero attached hydrogens (tertiary/aromatic N) is 2. The van der Waals surface area contributed by atoms with E-state index in [4.69, 9.17) is 5.11 Å². The standard InChI is InChI=1S/C13H23N3O4/c1-3-15(9-11(17)14-2)13(20)16-7-6-10(8-16)4-5-12(18)19/h10H,3-9H2,1-2H3,(H,14,17)(H,18,19). The van der Waals surface area contributed by atoms with Gasteiger partial charge in [0.15, 0.2) is 0 Å².